The molecule has 0 radical (unpaired) electrons. The van der Waals surface area contributed by atoms with Crippen LogP contribution >= 0.6 is 0 Å². The van der Waals surface area contributed by atoms with Gasteiger partial charge in [0, 0.05) is 25.7 Å². The Hall–Kier alpha value is -0.900. The van der Waals surface area contributed by atoms with Crippen molar-refractivity contribution in [1.29, 1.82) is 0 Å². The molecule has 0 amide bonds. The van der Waals surface area contributed by atoms with E-state index in [0.29, 0.717) is 6.04 Å². The van der Waals surface area contributed by atoms with E-state index in [0.717, 1.165) is 32.2 Å². The number of benzene rings is 1. The quantitative estimate of drug-likeness (QED) is 0.891. The molecule has 3 rings (SSSR count). The van der Waals surface area contributed by atoms with Gasteiger partial charge in [-0.25, -0.2) is 0 Å². The lowest BCUT2D eigenvalue weighted by Crippen LogP contribution is -2.43. The highest BCUT2D eigenvalue weighted by molar-refractivity contribution is 5.14. The smallest absolute Gasteiger partial charge is 0.0507 e. The van der Waals surface area contributed by atoms with Crippen LogP contribution in [-0.2, 0) is 11.3 Å². The maximum Gasteiger partial charge on any atom is 0.0507 e. The van der Waals surface area contributed by atoms with E-state index in [1.807, 2.05) is 0 Å². The second kappa shape index (κ2) is 7.21. The molecule has 3 heteroatoms. The topological polar surface area (TPSA) is 24.5 Å². The van der Waals surface area contributed by atoms with Gasteiger partial charge in [0.15, 0.2) is 0 Å². The molecule has 2 aliphatic rings. The van der Waals surface area contributed by atoms with Gasteiger partial charge >= 0.3 is 0 Å². The molecule has 0 bridgehead atoms. The average molecular weight is 274 g/mol. The first-order chi connectivity index (χ1) is 9.90. The predicted octanol–water partition coefficient (Wildman–Crippen LogP) is 2.28. The number of rotatable bonds is 5. The molecule has 110 valence electrons. The van der Waals surface area contributed by atoms with E-state index in [9.17, 15) is 0 Å². The maximum atomic E-state index is 5.43. The van der Waals surface area contributed by atoms with Crippen LogP contribution in [0.1, 0.15) is 24.8 Å². The van der Waals surface area contributed by atoms with E-state index in [1.54, 1.807) is 0 Å². The molecule has 0 aliphatic carbocycles. The van der Waals surface area contributed by atoms with Crippen molar-refractivity contribution < 1.29 is 4.74 Å². The fraction of sp³-hybridized carbons (Fsp3) is 0.647. The highest BCUT2D eigenvalue weighted by Crippen LogP contribution is 2.16. The van der Waals surface area contributed by atoms with Crippen molar-refractivity contribution in [2.75, 3.05) is 32.8 Å². The summed E-state index contributed by atoms with van der Waals surface area (Å²) in [6, 6.07) is 11.5. The Labute approximate surface area is 122 Å². The molecule has 1 aromatic carbocycles. The molecule has 0 saturated carbocycles. The van der Waals surface area contributed by atoms with Crippen LogP contribution in [0.3, 0.4) is 0 Å². The van der Waals surface area contributed by atoms with Crippen LogP contribution in [0.5, 0.6) is 0 Å². The number of hydrogen-bond donors (Lipinski definition) is 1. The third-order valence-corrected chi connectivity index (χ3v) is 4.56. The summed E-state index contributed by atoms with van der Waals surface area (Å²) >= 11 is 0. The largest absolute Gasteiger partial charge is 0.381 e. The molecule has 2 fully saturated rings. The van der Waals surface area contributed by atoms with E-state index in [-0.39, 0.29) is 0 Å². The highest BCUT2D eigenvalue weighted by Gasteiger charge is 2.21. The van der Waals surface area contributed by atoms with Crippen LogP contribution in [0.25, 0.3) is 0 Å². The molecule has 2 saturated heterocycles. The van der Waals surface area contributed by atoms with Gasteiger partial charge in [-0.3, -0.25) is 4.90 Å². The van der Waals surface area contributed by atoms with Gasteiger partial charge in [-0.1, -0.05) is 30.3 Å². The van der Waals surface area contributed by atoms with Crippen molar-refractivity contribution in [3.8, 4) is 0 Å². The molecular weight excluding hydrogens is 248 g/mol. The normalized spacial score (nSPS) is 25.1. The summed E-state index contributed by atoms with van der Waals surface area (Å²) in [7, 11) is 0. The molecule has 0 spiro atoms. The first kappa shape index (κ1) is 14.1. The third-order valence-electron chi connectivity index (χ3n) is 4.56. The van der Waals surface area contributed by atoms with Crippen LogP contribution in [0, 0.1) is 5.92 Å². The van der Waals surface area contributed by atoms with Gasteiger partial charge in [0.2, 0.25) is 0 Å². The Balaban J connectivity index is 1.36. The Morgan fingerprint density at radius 2 is 1.90 bits per heavy atom. The number of likely N-dealkylation sites (tertiary alicyclic amines) is 1. The summed E-state index contributed by atoms with van der Waals surface area (Å²) in [6.45, 7) is 6.59. The number of nitrogens with one attached hydrogen (secondary N) is 1. The van der Waals surface area contributed by atoms with E-state index < -0.39 is 0 Å². The SMILES string of the molecule is c1ccc(CN2CCC(NCC3CCOC3)CC2)cc1. The molecule has 20 heavy (non-hydrogen) atoms. The average Bonchev–Trinajstić information content (AvgIpc) is 3.01. The Kier molecular flexibility index (Phi) is 5.06. The molecule has 1 atom stereocenters. The van der Waals surface area contributed by atoms with E-state index in [4.69, 9.17) is 4.74 Å². The number of nitrogens with zero attached hydrogens (tertiary/aromatic N) is 1. The van der Waals surface area contributed by atoms with Crippen molar-refractivity contribution in [2.45, 2.75) is 31.8 Å². The zero-order valence-corrected chi connectivity index (χ0v) is 12.3. The molecular formula is C17H26N2O. The summed E-state index contributed by atoms with van der Waals surface area (Å²) in [6.07, 6.45) is 3.79. The number of hydrogen-bond acceptors (Lipinski definition) is 3. The Bertz CT molecular complexity index is 381. The first-order valence-corrected chi connectivity index (χ1v) is 7.97. The van der Waals surface area contributed by atoms with Gasteiger partial charge in [0.25, 0.3) is 0 Å². The monoisotopic (exact) mass is 274 g/mol. The van der Waals surface area contributed by atoms with E-state index in [1.165, 1.54) is 37.9 Å². The van der Waals surface area contributed by atoms with Gasteiger partial charge in [0.1, 0.15) is 0 Å². The van der Waals surface area contributed by atoms with Gasteiger partial charge in [-0.05, 0) is 43.8 Å². The highest BCUT2D eigenvalue weighted by atomic mass is 16.5. The lowest BCUT2D eigenvalue weighted by molar-refractivity contribution is 0.174. The van der Waals surface area contributed by atoms with Crippen molar-refractivity contribution in [1.82, 2.24) is 10.2 Å². The number of ether oxygens (including phenoxy) is 1. The first-order valence-electron chi connectivity index (χ1n) is 7.97. The molecule has 1 aromatic rings. The number of piperidine rings is 1. The molecule has 2 aliphatic heterocycles. The van der Waals surface area contributed by atoms with Crippen molar-refractivity contribution in [3.05, 3.63) is 35.9 Å². The lowest BCUT2D eigenvalue weighted by atomic mass is 10.0. The summed E-state index contributed by atoms with van der Waals surface area (Å²) in [5.74, 6) is 0.748. The zero-order chi connectivity index (χ0) is 13.6. The second-order valence-electron chi connectivity index (χ2n) is 6.17. The minimum absolute atomic E-state index is 0.711. The Morgan fingerprint density at radius 1 is 1.10 bits per heavy atom. The molecule has 2 heterocycles. The van der Waals surface area contributed by atoms with Gasteiger partial charge in [0.05, 0.1) is 6.61 Å². The van der Waals surface area contributed by atoms with Gasteiger partial charge in [-0.15, -0.1) is 0 Å². The lowest BCUT2D eigenvalue weighted by Gasteiger charge is -2.33. The molecule has 3 nitrogen and oxygen atoms in total. The van der Waals surface area contributed by atoms with Gasteiger partial charge in [-0.2, -0.15) is 0 Å². The molecule has 0 aromatic heterocycles. The van der Waals surface area contributed by atoms with Crippen LogP contribution < -0.4 is 5.32 Å². The van der Waals surface area contributed by atoms with Crippen LogP contribution in [0.15, 0.2) is 30.3 Å². The minimum Gasteiger partial charge on any atom is -0.381 e. The second-order valence-corrected chi connectivity index (χ2v) is 6.17. The van der Waals surface area contributed by atoms with E-state index in [2.05, 4.69) is 40.5 Å². The van der Waals surface area contributed by atoms with Crippen molar-refractivity contribution >= 4 is 0 Å². The molecule has 1 N–H and O–H groups in total. The summed E-state index contributed by atoms with van der Waals surface area (Å²) < 4.78 is 5.43. The van der Waals surface area contributed by atoms with Crippen LogP contribution in [0.4, 0.5) is 0 Å². The van der Waals surface area contributed by atoms with Gasteiger partial charge < -0.3 is 10.1 Å². The van der Waals surface area contributed by atoms with Crippen molar-refractivity contribution in [3.63, 3.8) is 0 Å². The maximum absolute atomic E-state index is 5.43. The third kappa shape index (κ3) is 4.05. The summed E-state index contributed by atoms with van der Waals surface area (Å²) in [5.41, 5.74) is 1.43. The Morgan fingerprint density at radius 3 is 2.60 bits per heavy atom. The molecule has 1 unspecified atom stereocenters. The van der Waals surface area contributed by atoms with Crippen molar-refractivity contribution in [2.24, 2.45) is 5.92 Å². The fourth-order valence-electron chi connectivity index (χ4n) is 3.21. The minimum atomic E-state index is 0.711. The fourth-order valence-corrected chi connectivity index (χ4v) is 3.21. The summed E-state index contributed by atoms with van der Waals surface area (Å²) in [5, 5.41) is 3.74. The predicted molar refractivity (Wildman–Crippen MR) is 81.7 cm³/mol. The van der Waals surface area contributed by atoms with Crippen LogP contribution in [-0.4, -0.2) is 43.8 Å². The standard InChI is InChI=1S/C17H26N2O/c1-2-4-15(5-3-1)13-19-9-6-17(7-10-19)18-12-16-8-11-20-14-16/h1-5,16-18H,6-14H2. The van der Waals surface area contributed by atoms with E-state index >= 15 is 0 Å². The van der Waals surface area contributed by atoms with Crippen LogP contribution in [0.2, 0.25) is 0 Å². The zero-order valence-electron chi connectivity index (χ0n) is 12.3. The summed E-state index contributed by atoms with van der Waals surface area (Å²) in [4.78, 5) is 2.58.